The monoisotopic (exact) mass is 301 g/mol. The molecule has 0 aliphatic carbocycles. The molecule has 0 spiro atoms. The molecule has 1 aliphatic rings. The SMILES string of the molecule is CCc1ccc(CN2C[C@@H](C(F)(F)F)[C@H](C(=O)O)C2)cc1. The van der Waals surface area contributed by atoms with E-state index in [0.717, 1.165) is 17.5 Å². The largest absolute Gasteiger partial charge is 0.481 e. The zero-order valence-corrected chi connectivity index (χ0v) is 11.7. The van der Waals surface area contributed by atoms with Crippen LogP contribution in [0.1, 0.15) is 18.1 Å². The molecule has 1 N–H and O–H groups in total. The summed E-state index contributed by atoms with van der Waals surface area (Å²) in [6.45, 7) is 2.06. The van der Waals surface area contributed by atoms with Gasteiger partial charge in [-0.05, 0) is 17.5 Å². The molecule has 2 rings (SSSR count). The molecule has 1 heterocycles. The first kappa shape index (κ1) is 15.8. The third kappa shape index (κ3) is 3.75. The van der Waals surface area contributed by atoms with Crippen molar-refractivity contribution in [2.45, 2.75) is 26.1 Å². The number of alkyl halides is 3. The van der Waals surface area contributed by atoms with Gasteiger partial charge in [-0.1, -0.05) is 31.2 Å². The Balaban J connectivity index is 2.06. The van der Waals surface area contributed by atoms with Gasteiger partial charge in [0.1, 0.15) is 0 Å². The Bertz CT molecular complexity index is 499. The van der Waals surface area contributed by atoms with Crippen molar-refractivity contribution in [2.75, 3.05) is 13.1 Å². The average molecular weight is 301 g/mol. The second-order valence-corrected chi connectivity index (χ2v) is 5.46. The molecule has 2 atom stereocenters. The molecule has 21 heavy (non-hydrogen) atoms. The van der Waals surface area contributed by atoms with Crippen molar-refractivity contribution in [3.8, 4) is 0 Å². The highest BCUT2D eigenvalue weighted by Crippen LogP contribution is 2.38. The van der Waals surface area contributed by atoms with Crippen LogP contribution in [0.25, 0.3) is 0 Å². The molecule has 3 nitrogen and oxygen atoms in total. The highest BCUT2D eigenvalue weighted by molar-refractivity contribution is 5.71. The van der Waals surface area contributed by atoms with E-state index < -0.39 is 24.0 Å². The molecule has 1 saturated heterocycles. The molecule has 0 amide bonds. The Hall–Kier alpha value is -1.56. The summed E-state index contributed by atoms with van der Waals surface area (Å²) in [6, 6.07) is 7.66. The Morgan fingerprint density at radius 2 is 1.81 bits per heavy atom. The summed E-state index contributed by atoms with van der Waals surface area (Å²) >= 11 is 0. The summed E-state index contributed by atoms with van der Waals surface area (Å²) in [7, 11) is 0. The summed E-state index contributed by atoms with van der Waals surface area (Å²) < 4.78 is 38.7. The molecule has 0 unspecified atom stereocenters. The van der Waals surface area contributed by atoms with Gasteiger partial charge in [-0.2, -0.15) is 13.2 Å². The predicted octanol–water partition coefficient (Wildman–Crippen LogP) is 2.94. The Kier molecular flexibility index (Phi) is 4.56. The fourth-order valence-corrected chi connectivity index (χ4v) is 2.73. The minimum Gasteiger partial charge on any atom is -0.481 e. The lowest BCUT2D eigenvalue weighted by molar-refractivity contribution is -0.188. The number of likely N-dealkylation sites (tertiary alicyclic amines) is 1. The van der Waals surface area contributed by atoms with Crippen LogP contribution in [0.2, 0.25) is 0 Å². The van der Waals surface area contributed by atoms with E-state index in [1.165, 1.54) is 0 Å². The molecular formula is C15H18F3NO2. The third-order valence-corrected chi connectivity index (χ3v) is 3.97. The summed E-state index contributed by atoms with van der Waals surface area (Å²) in [4.78, 5) is 12.6. The van der Waals surface area contributed by atoms with Crippen LogP contribution in [-0.2, 0) is 17.8 Å². The van der Waals surface area contributed by atoms with Crippen molar-refractivity contribution >= 4 is 5.97 Å². The fourth-order valence-electron chi connectivity index (χ4n) is 2.73. The van der Waals surface area contributed by atoms with Gasteiger partial charge in [0.25, 0.3) is 0 Å². The van der Waals surface area contributed by atoms with E-state index in [0.29, 0.717) is 6.54 Å². The lowest BCUT2D eigenvalue weighted by Crippen LogP contribution is -2.33. The molecular weight excluding hydrogens is 283 g/mol. The minimum absolute atomic E-state index is 0.0605. The van der Waals surface area contributed by atoms with Crippen molar-refractivity contribution < 1.29 is 23.1 Å². The number of rotatable bonds is 4. The van der Waals surface area contributed by atoms with Gasteiger partial charge in [-0.25, -0.2) is 0 Å². The van der Waals surface area contributed by atoms with Gasteiger partial charge in [0.15, 0.2) is 0 Å². The van der Waals surface area contributed by atoms with Crippen LogP contribution in [0.3, 0.4) is 0 Å². The quantitative estimate of drug-likeness (QED) is 0.929. The smallest absolute Gasteiger partial charge is 0.393 e. The first-order valence-electron chi connectivity index (χ1n) is 6.91. The number of carbonyl (C=O) groups is 1. The van der Waals surface area contributed by atoms with Crippen molar-refractivity contribution in [1.82, 2.24) is 4.90 Å². The molecule has 1 aromatic carbocycles. The molecule has 0 radical (unpaired) electrons. The molecule has 0 bridgehead atoms. The van der Waals surface area contributed by atoms with E-state index in [-0.39, 0.29) is 13.1 Å². The van der Waals surface area contributed by atoms with Gasteiger partial charge < -0.3 is 5.11 Å². The molecule has 1 fully saturated rings. The van der Waals surface area contributed by atoms with E-state index in [1.807, 2.05) is 31.2 Å². The molecule has 6 heteroatoms. The van der Waals surface area contributed by atoms with Gasteiger partial charge in [-0.3, -0.25) is 9.69 Å². The standard InChI is InChI=1S/C15H18F3NO2/c1-2-10-3-5-11(6-4-10)7-19-8-12(14(20)21)13(9-19)15(16,17)18/h3-6,12-13H,2,7-9H2,1H3,(H,20,21)/t12-,13-/m1/s1. The summed E-state index contributed by atoms with van der Waals surface area (Å²) in [5, 5.41) is 8.97. The van der Waals surface area contributed by atoms with Gasteiger partial charge >= 0.3 is 12.1 Å². The number of aryl methyl sites for hydroxylation is 1. The highest BCUT2D eigenvalue weighted by Gasteiger charge is 2.52. The first-order valence-corrected chi connectivity index (χ1v) is 6.91. The van der Waals surface area contributed by atoms with Crippen LogP contribution >= 0.6 is 0 Å². The predicted molar refractivity (Wildman–Crippen MR) is 71.8 cm³/mol. The number of carboxylic acids is 1. The summed E-state index contributed by atoms with van der Waals surface area (Å²) in [5.41, 5.74) is 2.07. The van der Waals surface area contributed by atoms with Gasteiger partial charge in [-0.15, -0.1) is 0 Å². The Morgan fingerprint density at radius 3 is 2.24 bits per heavy atom. The van der Waals surface area contributed by atoms with Gasteiger partial charge in [0, 0.05) is 19.6 Å². The van der Waals surface area contributed by atoms with Crippen LogP contribution in [-0.4, -0.2) is 35.2 Å². The lowest BCUT2D eigenvalue weighted by atomic mass is 9.96. The van der Waals surface area contributed by atoms with Crippen molar-refractivity contribution in [1.29, 1.82) is 0 Å². The van der Waals surface area contributed by atoms with Crippen LogP contribution in [0.15, 0.2) is 24.3 Å². The van der Waals surface area contributed by atoms with Crippen LogP contribution in [0.4, 0.5) is 13.2 Å². The first-order chi connectivity index (χ1) is 9.81. The maximum absolute atomic E-state index is 12.9. The molecule has 0 saturated carbocycles. The number of aliphatic carboxylic acids is 1. The fraction of sp³-hybridized carbons (Fsp3) is 0.533. The zero-order valence-electron chi connectivity index (χ0n) is 11.7. The molecule has 116 valence electrons. The van der Waals surface area contributed by atoms with Crippen molar-refractivity contribution in [3.63, 3.8) is 0 Å². The molecule has 0 aromatic heterocycles. The van der Waals surface area contributed by atoms with Crippen molar-refractivity contribution in [3.05, 3.63) is 35.4 Å². The van der Waals surface area contributed by atoms with Crippen LogP contribution in [0, 0.1) is 11.8 Å². The van der Waals surface area contributed by atoms with E-state index in [9.17, 15) is 18.0 Å². The Labute approximate surface area is 121 Å². The van der Waals surface area contributed by atoms with Gasteiger partial charge in [0.05, 0.1) is 11.8 Å². The van der Waals surface area contributed by atoms with E-state index in [1.54, 1.807) is 4.90 Å². The maximum Gasteiger partial charge on any atom is 0.393 e. The Morgan fingerprint density at radius 1 is 1.24 bits per heavy atom. The number of hydrogen-bond donors (Lipinski definition) is 1. The number of hydrogen-bond acceptors (Lipinski definition) is 2. The molecule has 1 aromatic rings. The highest BCUT2D eigenvalue weighted by atomic mass is 19.4. The average Bonchev–Trinajstić information content (AvgIpc) is 2.84. The second-order valence-electron chi connectivity index (χ2n) is 5.46. The minimum atomic E-state index is -4.47. The van der Waals surface area contributed by atoms with E-state index in [2.05, 4.69) is 0 Å². The topological polar surface area (TPSA) is 40.5 Å². The van der Waals surface area contributed by atoms with Crippen LogP contribution < -0.4 is 0 Å². The van der Waals surface area contributed by atoms with Gasteiger partial charge in [0.2, 0.25) is 0 Å². The lowest BCUT2D eigenvalue weighted by Gasteiger charge is -2.18. The van der Waals surface area contributed by atoms with E-state index in [4.69, 9.17) is 5.11 Å². The number of carboxylic acid groups (broad SMARTS) is 1. The van der Waals surface area contributed by atoms with E-state index >= 15 is 0 Å². The number of halogens is 3. The summed E-state index contributed by atoms with van der Waals surface area (Å²) in [5.74, 6) is -4.54. The maximum atomic E-state index is 12.9. The number of nitrogens with zero attached hydrogens (tertiary/aromatic N) is 1. The third-order valence-electron chi connectivity index (χ3n) is 3.97. The van der Waals surface area contributed by atoms with Crippen LogP contribution in [0.5, 0.6) is 0 Å². The zero-order chi connectivity index (χ0) is 15.6. The normalized spacial score (nSPS) is 23.4. The number of benzene rings is 1. The second kappa shape index (κ2) is 6.05. The van der Waals surface area contributed by atoms with Crippen molar-refractivity contribution in [2.24, 2.45) is 11.8 Å². The summed E-state index contributed by atoms with van der Waals surface area (Å²) in [6.07, 6.45) is -3.56. The molecule has 1 aliphatic heterocycles.